The molecular formula is C25H27N3O. The Balaban J connectivity index is 1.72. The smallest absolute Gasteiger partial charge is 0.116 e. The van der Waals surface area contributed by atoms with Gasteiger partial charge in [0.15, 0.2) is 0 Å². The quantitative estimate of drug-likeness (QED) is 0.533. The lowest BCUT2D eigenvalue weighted by atomic mass is 9.83. The molecule has 3 aromatic rings. The minimum absolute atomic E-state index is 0.160. The van der Waals surface area contributed by atoms with Crippen molar-refractivity contribution in [2.45, 2.75) is 24.8 Å². The first-order valence-electron chi connectivity index (χ1n) is 9.85. The van der Waals surface area contributed by atoms with Gasteiger partial charge in [0.2, 0.25) is 0 Å². The molecule has 3 atom stereocenters. The van der Waals surface area contributed by atoms with Crippen LogP contribution in [0.25, 0.3) is 11.1 Å². The first-order valence-corrected chi connectivity index (χ1v) is 9.85. The molecule has 0 spiro atoms. The van der Waals surface area contributed by atoms with Crippen LogP contribution in [0.5, 0.6) is 5.75 Å². The van der Waals surface area contributed by atoms with E-state index in [1.54, 1.807) is 12.1 Å². The summed E-state index contributed by atoms with van der Waals surface area (Å²) in [6.07, 6.45) is 2.22. The highest BCUT2D eigenvalue weighted by atomic mass is 16.3. The highest BCUT2D eigenvalue weighted by Gasteiger charge is 2.44. The molecule has 29 heavy (non-hydrogen) atoms. The van der Waals surface area contributed by atoms with Crippen LogP contribution in [0.2, 0.25) is 0 Å². The van der Waals surface area contributed by atoms with E-state index in [-0.39, 0.29) is 23.6 Å². The van der Waals surface area contributed by atoms with Gasteiger partial charge in [0, 0.05) is 7.05 Å². The zero-order chi connectivity index (χ0) is 20.4. The van der Waals surface area contributed by atoms with Gasteiger partial charge in [0.25, 0.3) is 0 Å². The Labute approximate surface area is 172 Å². The fraction of sp³-hybridized carbons (Fsp3) is 0.200. The number of phenolic OH excluding ortho intramolecular Hbond substituents is 1. The van der Waals surface area contributed by atoms with E-state index in [4.69, 9.17) is 0 Å². The summed E-state index contributed by atoms with van der Waals surface area (Å²) in [4.78, 5) is 2.08. The molecule has 4 rings (SSSR count). The maximum atomic E-state index is 9.88. The number of hydrogen-bond acceptors (Lipinski definition) is 4. The van der Waals surface area contributed by atoms with E-state index >= 15 is 0 Å². The predicted molar refractivity (Wildman–Crippen MR) is 118 cm³/mol. The van der Waals surface area contributed by atoms with Crippen LogP contribution in [0.4, 0.5) is 0 Å². The average molecular weight is 386 g/mol. The topological polar surface area (TPSA) is 57.4 Å². The molecule has 0 radical (unpaired) electrons. The highest BCUT2D eigenvalue weighted by molar-refractivity contribution is 5.66. The Morgan fingerprint density at radius 3 is 2.31 bits per heavy atom. The molecule has 1 heterocycles. The van der Waals surface area contributed by atoms with Crippen LogP contribution in [-0.2, 0) is 5.54 Å². The van der Waals surface area contributed by atoms with Crippen molar-refractivity contribution in [1.82, 2.24) is 15.5 Å². The summed E-state index contributed by atoms with van der Waals surface area (Å²) in [5, 5.41) is 17.2. The van der Waals surface area contributed by atoms with Gasteiger partial charge in [-0.05, 0) is 53.6 Å². The van der Waals surface area contributed by atoms with Crippen molar-refractivity contribution in [1.29, 1.82) is 0 Å². The number of benzene rings is 3. The maximum absolute atomic E-state index is 9.88. The fourth-order valence-electron chi connectivity index (χ4n) is 3.83. The van der Waals surface area contributed by atoms with Crippen LogP contribution in [0.15, 0.2) is 91.6 Å². The van der Waals surface area contributed by atoms with Gasteiger partial charge in [0.05, 0.1) is 11.7 Å². The molecule has 0 saturated carbocycles. The van der Waals surface area contributed by atoms with Crippen LogP contribution >= 0.6 is 0 Å². The van der Waals surface area contributed by atoms with Gasteiger partial charge < -0.3 is 10.0 Å². The van der Waals surface area contributed by atoms with Crippen molar-refractivity contribution in [3.63, 3.8) is 0 Å². The maximum Gasteiger partial charge on any atom is 0.116 e. The van der Waals surface area contributed by atoms with Crippen molar-refractivity contribution in [3.05, 3.63) is 103 Å². The number of hydrogen-bond donors (Lipinski definition) is 3. The lowest BCUT2D eigenvalue weighted by molar-refractivity contribution is 0.376. The number of rotatable bonds is 7. The van der Waals surface area contributed by atoms with E-state index < -0.39 is 0 Å². The Hall–Kier alpha value is -3.08. The van der Waals surface area contributed by atoms with Gasteiger partial charge in [-0.3, -0.25) is 10.6 Å². The second-order valence-corrected chi connectivity index (χ2v) is 7.70. The minimum Gasteiger partial charge on any atom is -0.508 e. The van der Waals surface area contributed by atoms with Crippen LogP contribution in [0, 0.1) is 0 Å². The van der Waals surface area contributed by atoms with E-state index in [1.807, 2.05) is 31.4 Å². The average Bonchev–Trinajstić information content (AvgIpc) is 3.52. The molecule has 148 valence electrons. The Morgan fingerprint density at radius 2 is 1.62 bits per heavy atom. The standard InChI is InChI=1S/C25H27N3O/c1-4-28(3)24-23(26-24)27-25(2,20-12-6-5-7-13-20)21-14-8-10-18(16-21)19-11-9-15-22(29)17-19/h4-17,23-24,26-27,29H,1H2,2-3H3. The van der Waals surface area contributed by atoms with Crippen molar-refractivity contribution in [2.75, 3.05) is 7.05 Å². The molecule has 0 amide bonds. The zero-order valence-electron chi connectivity index (χ0n) is 16.8. The zero-order valence-corrected chi connectivity index (χ0v) is 16.8. The highest BCUT2D eigenvalue weighted by Crippen LogP contribution is 2.34. The SMILES string of the molecule is C=CN(C)C1NC1NC(C)(c1ccccc1)c1cccc(-c2cccc(O)c2)c1. The van der Waals surface area contributed by atoms with Gasteiger partial charge in [-0.1, -0.05) is 67.2 Å². The molecule has 1 aliphatic rings. The first kappa shape index (κ1) is 19.2. The number of likely N-dealkylation sites (N-methyl/N-ethyl adjacent to an activating group) is 1. The first-order chi connectivity index (χ1) is 14.0. The van der Waals surface area contributed by atoms with Crippen LogP contribution in [-0.4, -0.2) is 29.4 Å². The third-order valence-corrected chi connectivity index (χ3v) is 5.70. The number of nitrogens with one attached hydrogen (secondary N) is 2. The minimum atomic E-state index is -0.386. The van der Waals surface area contributed by atoms with Crippen molar-refractivity contribution in [3.8, 4) is 16.9 Å². The molecule has 3 unspecified atom stereocenters. The molecule has 1 saturated heterocycles. The molecule has 1 aliphatic heterocycles. The third-order valence-electron chi connectivity index (χ3n) is 5.70. The van der Waals surface area contributed by atoms with Gasteiger partial charge >= 0.3 is 0 Å². The third kappa shape index (κ3) is 3.90. The molecule has 0 bridgehead atoms. The molecule has 0 aliphatic carbocycles. The van der Waals surface area contributed by atoms with Crippen molar-refractivity contribution < 1.29 is 5.11 Å². The Morgan fingerprint density at radius 1 is 0.966 bits per heavy atom. The molecule has 0 aromatic heterocycles. The van der Waals surface area contributed by atoms with Gasteiger partial charge in [-0.25, -0.2) is 0 Å². The lowest BCUT2D eigenvalue weighted by Crippen LogP contribution is -2.44. The lowest BCUT2D eigenvalue weighted by Gasteiger charge is -2.33. The van der Waals surface area contributed by atoms with Crippen LogP contribution in [0.3, 0.4) is 0 Å². The summed E-state index contributed by atoms with van der Waals surface area (Å²) in [6.45, 7) is 6.08. The molecule has 3 N–H and O–H groups in total. The second-order valence-electron chi connectivity index (χ2n) is 7.70. The number of aromatic hydroxyl groups is 1. The summed E-state index contributed by atoms with van der Waals surface area (Å²) in [7, 11) is 2.02. The largest absolute Gasteiger partial charge is 0.508 e. The monoisotopic (exact) mass is 385 g/mol. The summed E-state index contributed by atoms with van der Waals surface area (Å²) >= 11 is 0. The summed E-state index contributed by atoms with van der Waals surface area (Å²) in [6, 6.07) is 26.4. The molecule has 4 heteroatoms. The van der Waals surface area contributed by atoms with Crippen LogP contribution < -0.4 is 10.6 Å². The summed E-state index contributed by atoms with van der Waals surface area (Å²) in [5.41, 5.74) is 4.05. The number of nitrogens with zero attached hydrogens (tertiary/aromatic N) is 1. The van der Waals surface area contributed by atoms with Crippen LogP contribution in [0.1, 0.15) is 18.1 Å². The van der Waals surface area contributed by atoms with Gasteiger partial charge in [-0.2, -0.15) is 0 Å². The van der Waals surface area contributed by atoms with E-state index in [2.05, 4.69) is 77.6 Å². The summed E-state index contributed by atoms with van der Waals surface area (Å²) < 4.78 is 0. The predicted octanol–water partition coefficient (Wildman–Crippen LogP) is 4.24. The van der Waals surface area contributed by atoms with Gasteiger partial charge in [0.1, 0.15) is 11.9 Å². The van der Waals surface area contributed by atoms with E-state index in [1.165, 1.54) is 11.1 Å². The summed E-state index contributed by atoms with van der Waals surface area (Å²) in [5.74, 6) is 0.273. The van der Waals surface area contributed by atoms with E-state index in [0.717, 1.165) is 11.1 Å². The normalized spacial score (nSPS) is 19.9. The number of phenols is 1. The fourth-order valence-corrected chi connectivity index (χ4v) is 3.83. The Bertz CT molecular complexity index is 1000. The Kier molecular flexibility index (Phi) is 5.14. The molecular weight excluding hydrogens is 358 g/mol. The van der Waals surface area contributed by atoms with Gasteiger partial charge in [-0.15, -0.1) is 0 Å². The van der Waals surface area contributed by atoms with E-state index in [9.17, 15) is 5.11 Å². The second kappa shape index (κ2) is 7.74. The van der Waals surface area contributed by atoms with E-state index in [0.29, 0.717) is 0 Å². The van der Waals surface area contributed by atoms with Crippen molar-refractivity contribution >= 4 is 0 Å². The molecule has 4 nitrogen and oxygen atoms in total. The molecule has 1 fully saturated rings. The molecule has 3 aromatic carbocycles. The van der Waals surface area contributed by atoms with Crippen molar-refractivity contribution in [2.24, 2.45) is 0 Å².